The Hall–Kier alpha value is -2.12. The lowest BCUT2D eigenvalue weighted by atomic mass is 10.3. The first-order chi connectivity index (χ1) is 9.79. The molecule has 0 saturated carbocycles. The molecule has 0 unspecified atom stereocenters. The number of carbonyl (C=O) groups is 1. The summed E-state index contributed by atoms with van der Waals surface area (Å²) in [5.74, 6) is 0.184. The highest BCUT2D eigenvalue weighted by Crippen LogP contribution is 2.33. The molecular weight excluding hydrogens is 276 g/mol. The zero-order chi connectivity index (χ0) is 16.2. The van der Waals surface area contributed by atoms with Gasteiger partial charge in [0.25, 0.3) is 0 Å². The monoisotopic (exact) mass is 298 g/mol. The van der Waals surface area contributed by atoms with Crippen LogP contribution in [0, 0.1) is 17.0 Å². The van der Waals surface area contributed by atoms with Crippen LogP contribution in [0.5, 0.6) is 0 Å². The summed E-state index contributed by atoms with van der Waals surface area (Å²) in [4.78, 5) is 23.7. The number of rotatable bonds is 7. The highest BCUT2D eigenvalue weighted by molar-refractivity contribution is 5.69. The molecule has 0 saturated heterocycles. The summed E-state index contributed by atoms with van der Waals surface area (Å²) >= 11 is 0. The lowest BCUT2D eigenvalue weighted by Crippen LogP contribution is -2.24. The van der Waals surface area contributed by atoms with Gasteiger partial charge in [0.2, 0.25) is 5.82 Å². The number of nitrogens with zero attached hydrogens (tertiary/aromatic N) is 4. The number of carbonyl (C=O) groups excluding carboxylic acids is 1. The Labute approximate surface area is 123 Å². The summed E-state index contributed by atoms with van der Waals surface area (Å²) in [6.45, 7) is 5.97. The fourth-order valence-electron chi connectivity index (χ4n) is 2.12. The quantitative estimate of drug-likeness (QED) is 0.435. The van der Waals surface area contributed by atoms with Crippen LogP contribution in [0.15, 0.2) is 0 Å². The lowest BCUT2D eigenvalue weighted by molar-refractivity contribution is -0.384. The number of aromatic nitrogens is 2. The number of ether oxygens (including phenoxy) is 1. The van der Waals surface area contributed by atoms with E-state index in [1.165, 1.54) is 7.11 Å². The van der Waals surface area contributed by atoms with Crippen molar-refractivity contribution in [2.24, 2.45) is 0 Å². The standard InChI is InChI=1S/C13H22N4O4/c1-9(2)16-13(12(17(19)20)10(3)14-16)15(4)8-6-7-11(18)21-5/h9H,6-8H2,1-5H3. The van der Waals surface area contributed by atoms with E-state index in [0.29, 0.717) is 24.5 Å². The van der Waals surface area contributed by atoms with Crippen LogP contribution in [0.3, 0.4) is 0 Å². The molecule has 0 aliphatic rings. The summed E-state index contributed by atoms with van der Waals surface area (Å²) in [6.07, 6.45) is 0.839. The van der Waals surface area contributed by atoms with Crippen LogP contribution >= 0.6 is 0 Å². The molecule has 1 aromatic rings. The first-order valence-electron chi connectivity index (χ1n) is 6.81. The van der Waals surface area contributed by atoms with E-state index in [4.69, 9.17) is 0 Å². The van der Waals surface area contributed by atoms with Crippen molar-refractivity contribution in [1.82, 2.24) is 9.78 Å². The van der Waals surface area contributed by atoms with Gasteiger partial charge in [-0.3, -0.25) is 14.9 Å². The predicted octanol–water partition coefficient (Wildman–Crippen LogP) is 2.07. The second-order valence-corrected chi connectivity index (χ2v) is 5.15. The van der Waals surface area contributed by atoms with Crippen molar-refractivity contribution >= 4 is 17.5 Å². The molecule has 1 rings (SSSR count). The molecule has 0 aromatic carbocycles. The minimum atomic E-state index is -0.409. The molecule has 8 heteroatoms. The van der Waals surface area contributed by atoms with Gasteiger partial charge in [0.1, 0.15) is 5.69 Å². The number of nitro groups is 1. The maximum absolute atomic E-state index is 11.3. The van der Waals surface area contributed by atoms with Crippen LogP contribution in [0.2, 0.25) is 0 Å². The van der Waals surface area contributed by atoms with Crippen molar-refractivity contribution in [3.8, 4) is 0 Å². The number of aryl methyl sites for hydroxylation is 1. The molecule has 0 N–H and O–H groups in total. The van der Waals surface area contributed by atoms with Crippen LogP contribution in [0.25, 0.3) is 0 Å². The Kier molecular flexibility index (Phi) is 5.69. The van der Waals surface area contributed by atoms with Gasteiger partial charge in [-0.2, -0.15) is 5.10 Å². The number of hydrogen-bond acceptors (Lipinski definition) is 6. The minimum absolute atomic E-state index is 0.00968. The van der Waals surface area contributed by atoms with Gasteiger partial charge in [-0.15, -0.1) is 0 Å². The van der Waals surface area contributed by atoms with Gasteiger partial charge in [0.05, 0.1) is 12.0 Å². The van der Waals surface area contributed by atoms with Crippen LogP contribution in [-0.2, 0) is 9.53 Å². The van der Waals surface area contributed by atoms with E-state index in [1.807, 2.05) is 13.8 Å². The molecule has 0 radical (unpaired) electrons. The lowest BCUT2D eigenvalue weighted by Gasteiger charge is -2.20. The Morgan fingerprint density at radius 2 is 2.14 bits per heavy atom. The normalized spacial score (nSPS) is 10.8. The third kappa shape index (κ3) is 3.93. The van der Waals surface area contributed by atoms with E-state index in [0.717, 1.165) is 0 Å². The molecule has 0 aliphatic carbocycles. The zero-order valence-electron chi connectivity index (χ0n) is 13.1. The first kappa shape index (κ1) is 16.9. The Morgan fingerprint density at radius 1 is 1.52 bits per heavy atom. The number of esters is 1. The van der Waals surface area contributed by atoms with Gasteiger partial charge in [0.15, 0.2) is 0 Å². The first-order valence-corrected chi connectivity index (χ1v) is 6.81. The molecular formula is C13H22N4O4. The van der Waals surface area contributed by atoms with Crippen molar-refractivity contribution in [2.45, 2.75) is 39.7 Å². The summed E-state index contributed by atoms with van der Waals surface area (Å²) < 4.78 is 6.23. The van der Waals surface area contributed by atoms with Crippen LogP contribution < -0.4 is 4.90 Å². The molecule has 0 bridgehead atoms. The van der Waals surface area contributed by atoms with Crippen molar-refractivity contribution < 1.29 is 14.5 Å². The SMILES string of the molecule is COC(=O)CCCN(C)c1c([N+](=O)[O-])c(C)nn1C(C)C. The van der Waals surface area contributed by atoms with Crippen LogP contribution in [-0.4, -0.2) is 41.4 Å². The second-order valence-electron chi connectivity index (χ2n) is 5.15. The Bertz CT molecular complexity index is 524. The van der Waals surface area contributed by atoms with Crippen molar-refractivity contribution in [3.63, 3.8) is 0 Å². The maximum atomic E-state index is 11.3. The molecule has 1 aromatic heterocycles. The maximum Gasteiger partial charge on any atom is 0.333 e. The summed E-state index contributed by atoms with van der Waals surface area (Å²) in [7, 11) is 3.10. The third-order valence-electron chi connectivity index (χ3n) is 3.16. The predicted molar refractivity (Wildman–Crippen MR) is 78.5 cm³/mol. The third-order valence-corrected chi connectivity index (χ3v) is 3.16. The van der Waals surface area contributed by atoms with E-state index in [-0.39, 0.29) is 24.1 Å². The fraction of sp³-hybridized carbons (Fsp3) is 0.692. The Morgan fingerprint density at radius 3 is 2.62 bits per heavy atom. The smallest absolute Gasteiger partial charge is 0.333 e. The van der Waals surface area contributed by atoms with Gasteiger partial charge < -0.3 is 9.64 Å². The van der Waals surface area contributed by atoms with Gasteiger partial charge >= 0.3 is 11.7 Å². The summed E-state index contributed by atoms with van der Waals surface area (Å²) in [6, 6.07) is 0.00968. The molecule has 0 aliphatic heterocycles. The van der Waals surface area contributed by atoms with Gasteiger partial charge in [-0.25, -0.2) is 4.68 Å². The number of anilines is 1. The van der Waals surface area contributed by atoms with Crippen LogP contribution in [0.4, 0.5) is 11.5 Å². The topological polar surface area (TPSA) is 90.5 Å². The summed E-state index contributed by atoms with van der Waals surface area (Å²) in [5, 5.41) is 15.5. The highest BCUT2D eigenvalue weighted by Gasteiger charge is 2.28. The zero-order valence-corrected chi connectivity index (χ0v) is 13.1. The van der Waals surface area contributed by atoms with Gasteiger partial charge in [-0.1, -0.05) is 0 Å². The van der Waals surface area contributed by atoms with E-state index in [1.54, 1.807) is 23.6 Å². The molecule has 8 nitrogen and oxygen atoms in total. The van der Waals surface area contributed by atoms with Gasteiger partial charge in [0, 0.05) is 26.1 Å². The van der Waals surface area contributed by atoms with Crippen LogP contribution in [0.1, 0.15) is 38.4 Å². The molecule has 0 amide bonds. The number of hydrogen-bond donors (Lipinski definition) is 0. The average Bonchev–Trinajstić information content (AvgIpc) is 2.76. The fourth-order valence-corrected chi connectivity index (χ4v) is 2.12. The second kappa shape index (κ2) is 7.05. The van der Waals surface area contributed by atoms with Gasteiger partial charge in [-0.05, 0) is 27.2 Å². The van der Waals surface area contributed by atoms with Crippen molar-refractivity contribution in [3.05, 3.63) is 15.8 Å². The molecule has 0 atom stereocenters. The molecule has 0 spiro atoms. The minimum Gasteiger partial charge on any atom is -0.469 e. The highest BCUT2D eigenvalue weighted by atomic mass is 16.6. The molecule has 118 valence electrons. The Balaban J connectivity index is 2.98. The average molecular weight is 298 g/mol. The summed E-state index contributed by atoms with van der Waals surface area (Å²) in [5.41, 5.74) is 0.410. The van der Waals surface area contributed by atoms with E-state index in [2.05, 4.69) is 9.84 Å². The van der Waals surface area contributed by atoms with E-state index in [9.17, 15) is 14.9 Å². The van der Waals surface area contributed by atoms with E-state index >= 15 is 0 Å². The molecule has 21 heavy (non-hydrogen) atoms. The van der Waals surface area contributed by atoms with Crippen molar-refractivity contribution in [2.75, 3.05) is 25.6 Å². The number of methoxy groups -OCH3 is 1. The van der Waals surface area contributed by atoms with Crippen molar-refractivity contribution in [1.29, 1.82) is 0 Å². The molecule has 0 fully saturated rings. The largest absolute Gasteiger partial charge is 0.469 e. The van der Waals surface area contributed by atoms with E-state index < -0.39 is 4.92 Å². The molecule has 1 heterocycles.